The van der Waals surface area contributed by atoms with E-state index in [1.165, 1.54) is 12.0 Å². The van der Waals surface area contributed by atoms with Gasteiger partial charge in [-0.05, 0) is 24.8 Å². The quantitative estimate of drug-likeness (QED) is 0.605. The molecule has 0 radical (unpaired) electrons. The molecule has 0 spiro atoms. The third-order valence-corrected chi connectivity index (χ3v) is 5.62. The Labute approximate surface area is 170 Å². The van der Waals surface area contributed by atoms with E-state index in [1.807, 2.05) is 23.1 Å². The van der Waals surface area contributed by atoms with Crippen LogP contribution in [0.15, 0.2) is 30.3 Å². The van der Waals surface area contributed by atoms with Gasteiger partial charge in [-0.1, -0.05) is 30.3 Å². The average molecular weight is 397 g/mol. The van der Waals surface area contributed by atoms with E-state index in [0.717, 1.165) is 45.6 Å². The number of benzene rings is 1. The highest BCUT2D eigenvalue weighted by Crippen LogP contribution is 2.34. The van der Waals surface area contributed by atoms with Crippen molar-refractivity contribution in [3.8, 4) is 0 Å². The van der Waals surface area contributed by atoms with Crippen molar-refractivity contribution in [3.63, 3.8) is 0 Å². The Bertz CT molecular complexity index is 847. The minimum absolute atomic E-state index is 0.0488. The first-order valence-electron chi connectivity index (χ1n) is 10.2. The van der Waals surface area contributed by atoms with Crippen LogP contribution in [-0.4, -0.2) is 59.1 Å². The second-order valence-electron chi connectivity index (χ2n) is 7.63. The average Bonchev–Trinajstić information content (AvgIpc) is 2.75. The molecule has 29 heavy (non-hydrogen) atoms. The molecule has 2 N–H and O–H groups in total. The zero-order valence-electron chi connectivity index (χ0n) is 16.5. The lowest BCUT2D eigenvalue weighted by Gasteiger charge is -2.35. The van der Waals surface area contributed by atoms with Crippen molar-refractivity contribution in [3.05, 3.63) is 46.0 Å². The second-order valence-corrected chi connectivity index (χ2v) is 7.63. The molecule has 2 aliphatic rings. The second kappa shape index (κ2) is 8.60. The number of anilines is 3. The Morgan fingerprint density at radius 3 is 2.28 bits per heavy atom. The number of nitrogens with zero attached hydrogens (tertiary/aromatic N) is 6. The number of hydrogen-bond donors (Lipinski definition) is 1. The maximum atomic E-state index is 11.7. The molecule has 0 saturated carbocycles. The minimum Gasteiger partial charge on any atom is -0.378 e. The van der Waals surface area contributed by atoms with Gasteiger partial charge in [-0.15, -0.1) is 0 Å². The summed E-state index contributed by atoms with van der Waals surface area (Å²) in [4.78, 5) is 26.5. The third-order valence-electron chi connectivity index (χ3n) is 5.62. The fourth-order valence-electron chi connectivity index (χ4n) is 4.04. The topological polar surface area (TPSA) is 105 Å². The maximum absolute atomic E-state index is 11.7. The first kappa shape index (κ1) is 19.4. The van der Waals surface area contributed by atoms with E-state index in [-0.39, 0.29) is 11.5 Å². The van der Waals surface area contributed by atoms with Crippen LogP contribution in [-0.2, 0) is 6.54 Å². The first-order valence-corrected chi connectivity index (χ1v) is 10.2. The van der Waals surface area contributed by atoms with Gasteiger partial charge < -0.3 is 15.5 Å². The Morgan fingerprint density at radius 2 is 1.62 bits per heavy atom. The molecule has 0 amide bonds. The van der Waals surface area contributed by atoms with Gasteiger partial charge in [-0.25, -0.2) is 0 Å². The molecule has 2 saturated heterocycles. The molecule has 1 aromatic carbocycles. The van der Waals surface area contributed by atoms with Gasteiger partial charge in [0.1, 0.15) is 0 Å². The van der Waals surface area contributed by atoms with E-state index in [1.54, 1.807) is 0 Å². The van der Waals surface area contributed by atoms with E-state index in [2.05, 4.69) is 31.9 Å². The van der Waals surface area contributed by atoms with E-state index < -0.39 is 4.92 Å². The predicted octanol–water partition coefficient (Wildman–Crippen LogP) is 2.28. The van der Waals surface area contributed by atoms with Crippen molar-refractivity contribution >= 4 is 23.3 Å². The number of hydrogen-bond acceptors (Lipinski definition) is 8. The molecule has 154 valence electrons. The molecule has 0 atom stereocenters. The van der Waals surface area contributed by atoms with Gasteiger partial charge in [0.15, 0.2) is 0 Å². The van der Waals surface area contributed by atoms with Gasteiger partial charge in [0.05, 0.1) is 4.92 Å². The molecule has 0 bridgehead atoms. The number of piperidine rings is 1. The lowest BCUT2D eigenvalue weighted by molar-refractivity contribution is -0.383. The van der Waals surface area contributed by atoms with Crippen LogP contribution in [0.3, 0.4) is 0 Å². The highest BCUT2D eigenvalue weighted by Gasteiger charge is 2.30. The lowest BCUT2D eigenvalue weighted by Crippen LogP contribution is -2.46. The van der Waals surface area contributed by atoms with Crippen molar-refractivity contribution in [2.75, 3.05) is 54.8 Å². The molecule has 4 rings (SSSR count). The summed E-state index contributed by atoms with van der Waals surface area (Å²) in [7, 11) is 0. The van der Waals surface area contributed by atoms with Crippen molar-refractivity contribution in [1.29, 1.82) is 0 Å². The number of rotatable bonds is 5. The summed E-state index contributed by atoms with van der Waals surface area (Å²) in [5, 5.41) is 11.7. The minimum atomic E-state index is -0.457. The van der Waals surface area contributed by atoms with Crippen molar-refractivity contribution < 1.29 is 4.92 Å². The van der Waals surface area contributed by atoms with Crippen molar-refractivity contribution in [2.24, 2.45) is 0 Å². The van der Waals surface area contributed by atoms with Crippen LogP contribution in [0.2, 0.25) is 0 Å². The Hall–Kier alpha value is -2.94. The number of nitrogens with two attached hydrogens (primary N) is 1. The fraction of sp³-hybridized carbons (Fsp3) is 0.500. The molecule has 2 fully saturated rings. The molecule has 9 heteroatoms. The SMILES string of the molecule is Nc1nc(N2CCCCC2)nc(N2CCN(Cc3ccccc3)CC2)c1[N+](=O)[O-]. The van der Waals surface area contributed by atoms with Crippen molar-refractivity contribution in [2.45, 2.75) is 25.8 Å². The van der Waals surface area contributed by atoms with Crippen LogP contribution in [0, 0.1) is 10.1 Å². The summed E-state index contributed by atoms with van der Waals surface area (Å²) < 4.78 is 0. The summed E-state index contributed by atoms with van der Waals surface area (Å²) in [5.41, 5.74) is 7.10. The lowest BCUT2D eigenvalue weighted by atomic mass is 10.1. The summed E-state index contributed by atoms with van der Waals surface area (Å²) >= 11 is 0. The predicted molar refractivity (Wildman–Crippen MR) is 113 cm³/mol. The Balaban J connectivity index is 1.52. The molecule has 2 aliphatic heterocycles. The first-order chi connectivity index (χ1) is 14.1. The molecular weight excluding hydrogens is 370 g/mol. The third kappa shape index (κ3) is 4.40. The number of aromatic nitrogens is 2. The van der Waals surface area contributed by atoms with Gasteiger partial charge >= 0.3 is 5.69 Å². The molecular formula is C20H27N7O2. The molecule has 0 unspecified atom stereocenters. The van der Waals surface area contributed by atoms with Crippen LogP contribution in [0.5, 0.6) is 0 Å². The summed E-state index contributed by atoms with van der Waals surface area (Å²) in [6, 6.07) is 10.3. The number of nitro groups is 1. The smallest absolute Gasteiger partial charge is 0.353 e. The monoisotopic (exact) mass is 397 g/mol. The van der Waals surface area contributed by atoms with Crippen LogP contribution in [0.25, 0.3) is 0 Å². The number of piperazine rings is 1. The van der Waals surface area contributed by atoms with Crippen LogP contribution in [0.4, 0.5) is 23.3 Å². The van der Waals surface area contributed by atoms with Crippen LogP contribution in [0.1, 0.15) is 24.8 Å². The zero-order chi connectivity index (χ0) is 20.2. The highest BCUT2D eigenvalue weighted by molar-refractivity contribution is 5.71. The van der Waals surface area contributed by atoms with Crippen molar-refractivity contribution in [1.82, 2.24) is 14.9 Å². The van der Waals surface area contributed by atoms with Crippen LogP contribution >= 0.6 is 0 Å². The Kier molecular flexibility index (Phi) is 5.75. The van der Waals surface area contributed by atoms with E-state index in [9.17, 15) is 10.1 Å². The van der Waals surface area contributed by atoms with Gasteiger partial charge in [0.2, 0.25) is 17.6 Å². The molecule has 0 aliphatic carbocycles. The molecule has 2 aromatic rings. The summed E-state index contributed by atoms with van der Waals surface area (Å²) in [6.45, 7) is 5.57. The van der Waals surface area contributed by atoms with E-state index in [4.69, 9.17) is 5.73 Å². The van der Waals surface area contributed by atoms with E-state index in [0.29, 0.717) is 24.9 Å². The fourth-order valence-corrected chi connectivity index (χ4v) is 4.04. The molecule has 1 aromatic heterocycles. The van der Waals surface area contributed by atoms with Crippen LogP contribution < -0.4 is 15.5 Å². The summed E-state index contributed by atoms with van der Waals surface area (Å²) in [5.74, 6) is 0.809. The summed E-state index contributed by atoms with van der Waals surface area (Å²) in [6.07, 6.45) is 3.34. The zero-order valence-corrected chi connectivity index (χ0v) is 16.5. The van der Waals surface area contributed by atoms with E-state index >= 15 is 0 Å². The molecule has 9 nitrogen and oxygen atoms in total. The maximum Gasteiger partial charge on any atom is 0.353 e. The molecule has 3 heterocycles. The van der Waals surface area contributed by atoms with Gasteiger partial charge in [0.25, 0.3) is 0 Å². The van der Waals surface area contributed by atoms with Gasteiger partial charge in [-0.2, -0.15) is 9.97 Å². The number of nitrogen functional groups attached to an aromatic ring is 1. The Morgan fingerprint density at radius 1 is 0.931 bits per heavy atom. The normalized spacial score (nSPS) is 18.1. The largest absolute Gasteiger partial charge is 0.378 e. The van der Waals surface area contributed by atoms with Gasteiger partial charge in [-0.3, -0.25) is 15.0 Å². The van der Waals surface area contributed by atoms with Gasteiger partial charge in [0, 0.05) is 45.8 Å². The standard InChI is InChI=1S/C20H27N7O2/c21-18-17(27(28)29)19(23-20(22-18)26-9-5-2-6-10-26)25-13-11-24(12-14-25)15-16-7-3-1-4-8-16/h1,3-4,7-8H,2,5-6,9-15H2,(H2,21,22,23). The highest BCUT2D eigenvalue weighted by atomic mass is 16.6.